The van der Waals surface area contributed by atoms with Gasteiger partial charge in [-0.1, -0.05) is 18.2 Å². The maximum Gasteiger partial charge on any atom is 0.274 e. The van der Waals surface area contributed by atoms with Gasteiger partial charge in [0.1, 0.15) is 0 Å². The summed E-state index contributed by atoms with van der Waals surface area (Å²) >= 11 is 0. The van der Waals surface area contributed by atoms with Gasteiger partial charge in [-0.25, -0.2) is 9.67 Å². The summed E-state index contributed by atoms with van der Waals surface area (Å²) in [5, 5.41) is 4.45. The van der Waals surface area contributed by atoms with Crippen LogP contribution in [0.25, 0.3) is 5.69 Å². The van der Waals surface area contributed by atoms with Gasteiger partial charge in [-0.2, -0.15) is 5.10 Å². The average molecular weight is 321 g/mol. The number of carbonyl (C=O) groups is 1. The molecule has 0 radical (unpaired) electrons. The highest BCUT2D eigenvalue weighted by Crippen LogP contribution is 2.22. The van der Waals surface area contributed by atoms with Gasteiger partial charge in [-0.05, 0) is 31.0 Å². The Hall–Kier alpha value is -2.89. The van der Waals surface area contributed by atoms with Crippen LogP contribution >= 0.6 is 0 Å². The smallest absolute Gasteiger partial charge is 0.274 e. The number of hydrogen-bond donors (Lipinski definition) is 0. The van der Waals surface area contributed by atoms with Gasteiger partial charge in [0, 0.05) is 31.7 Å². The number of amides is 1. The molecule has 1 atom stereocenters. The third kappa shape index (κ3) is 2.82. The molecule has 1 unspecified atom stereocenters. The van der Waals surface area contributed by atoms with Gasteiger partial charge < -0.3 is 9.47 Å². The molecule has 0 aliphatic carbocycles. The van der Waals surface area contributed by atoms with E-state index < -0.39 is 0 Å². The number of aromatic nitrogens is 4. The minimum Gasteiger partial charge on any atom is -0.335 e. The first-order chi connectivity index (χ1) is 11.8. The third-order valence-electron chi connectivity index (χ3n) is 4.46. The van der Waals surface area contributed by atoms with E-state index in [1.54, 1.807) is 16.9 Å². The Kier molecular flexibility index (Phi) is 3.86. The van der Waals surface area contributed by atoms with Gasteiger partial charge in [0.2, 0.25) is 0 Å². The monoisotopic (exact) mass is 321 g/mol. The largest absolute Gasteiger partial charge is 0.335 e. The zero-order chi connectivity index (χ0) is 16.4. The van der Waals surface area contributed by atoms with Crippen LogP contribution in [0.15, 0.2) is 61.3 Å². The first-order valence-corrected chi connectivity index (χ1v) is 8.19. The summed E-state index contributed by atoms with van der Waals surface area (Å²) in [5.41, 5.74) is 1.44. The van der Waals surface area contributed by atoms with Crippen molar-refractivity contribution in [3.63, 3.8) is 0 Å². The molecule has 1 saturated heterocycles. The van der Waals surface area contributed by atoms with Crippen molar-refractivity contribution in [2.24, 2.45) is 0 Å². The Labute approximate surface area is 140 Å². The van der Waals surface area contributed by atoms with E-state index in [2.05, 4.69) is 14.6 Å². The maximum absolute atomic E-state index is 12.8. The molecule has 0 saturated carbocycles. The lowest BCUT2D eigenvalue weighted by atomic mass is 10.1. The van der Waals surface area contributed by atoms with E-state index in [-0.39, 0.29) is 5.91 Å². The molecule has 1 fully saturated rings. The van der Waals surface area contributed by atoms with E-state index in [4.69, 9.17) is 0 Å². The molecule has 6 heteroatoms. The SMILES string of the molecule is O=C(c1ccn(-c2ccccc2)n1)N1CCCC(n2ccnc2)C1. The van der Waals surface area contributed by atoms with E-state index in [1.807, 2.05) is 54.0 Å². The van der Waals surface area contributed by atoms with Crippen molar-refractivity contribution in [3.05, 3.63) is 67.0 Å². The molecule has 1 amide bonds. The van der Waals surface area contributed by atoms with Gasteiger partial charge in [-0.15, -0.1) is 0 Å². The second-order valence-corrected chi connectivity index (χ2v) is 6.04. The molecule has 1 aliphatic heterocycles. The van der Waals surface area contributed by atoms with E-state index in [0.29, 0.717) is 18.3 Å². The summed E-state index contributed by atoms with van der Waals surface area (Å²) in [6.07, 6.45) is 9.46. The predicted octanol–water partition coefficient (Wildman–Crippen LogP) is 2.55. The van der Waals surface area contributed by atoms with Crippen LogP contribution in [0.4, 0.5) is 0 Å². The van der Waals surface area contributed by atoms with Gasteiger partial charge in [0.05, 0.1) is 18.1 Å². The molecule has 2 aromatic heterocycles. The molecule has 24 heavy (non-hydrogen) atoms. The molecule has 0 N–H and O–H groups in total. The quantitative estimate of drug-likeness (QED) is 0.745. The van der Waals surface area contributed by atoms with Crippen LogP contribution in [0, 0.1) is 0 Å². The van der Waals surface area contributed by atoms with Crippen LogP contribution in [-0.4, -0.2) is 43.2 Å². The number of hydrogen-bond acceptors (Lipinski definition) is 3. The van der Waals surface area contributed by atoms with Crippen molar-refractivity contribution in [2.75, 3.05) is 13.1 Å². The van der Waals surface area contributed by atoms with Crippen molar-refractivity contribution >= 4 is 5.91 Å². The predicted molar refractivity (Wildman–Crippen MR) is 90.0 cm³/mol. The molecule has 3 aromatic rings. The topological polar surface area (TPSA) is 56.0 Å². The van der Waals surface area contributed by atoms with E-state index in [9.17, 15) is 4.79 Å². The zero-order valence-corrected chi connectivity index (χ0v) is 13.3. The van der Waals surface area contributed by atoms with Crippen molar-refractivity contribution in [1.82, 2.24) is 24.2 Å². The number of para-hydroxylation sites is 1. The number of imidazole rings is 1. The van der Waals surface area contributed by atoms with Crippen molar-refractivity contribution in [1.29, 1.82) is 0 Å². The van der Waals surface area contributed by atoms with Crippen molar-refractivity contribution < 1.29 is 4.79 Å². The summed E-state index contributed by atoms with van der Waals surface area (Å²) in [4.78, 5) is 18.8. The lowest BCUT2D eigenvalue weighted by Gasteiger charge is -2.32. The molecule has 122 valence electrons. The zero-order valence-electron chi connectivity index (χ0n) is 13.3. The van der Waals surface area contributed by atoms with Crippen LogP contribution in [0.1, 0.15) is 29.4 Å². The molecule has 1 aliphatic rings. The minimum atomic E-state index is -0.00510. The summed E-state index contributed by atoms with van der Waals surface area (Å²) < 4.78 is 3.83. The molecule has 0 bridgehead atoms. The van der Waals surface area contributed by atoms with E-state index in [0.717, 1.165) is 25.1 Å². The Morgan fingerprint density at radius 3 is 2.79 bits per heavy atom. The van der Waals surface area contributed by atoms with Crippen LogP contribution in [0.5, 0.6) is 0 Å². The van der Waals surface area contributed by atoms with Crippen molar-refractivity contribution in [2.45, 2.75) is 18.9 Å². The number of nitrogens with zero attached hydrogens (tertiary/aromatic N) is 5. The molecule has 1 aromatic carbocycles. The fraction of sp³-hybridized carbons (Fsp3) is 0.278. The molecule has 3 heterocycles. The summed E-state index contributed by atoms with van der Waals surface area (Å²) in [6.45, 7) is 1.48. The lowest BCUT2D eigenvalue weighted by Crippen LogP contribution is -2.40. The average Bonchev–Trinajstić information content (AvgIpc) is 3.34. The van der Waals surface area contributed by atoms with Crippen LogP contribution < -0.4 is 0 Å². The fourth-order valence-corrected chi connectivity index (χ4v) is 3.19. The first kappa shape index (κ1) is 14.7. The second-order valence-electron chi connectivity index (χ2n) is 6.04. The third-order valence-corrected chi connectivity index (χ3v) is 4.46. The number of rotatable bonds is 3. The maximum atomic E-state index is 12.8. The van der Waals surface area contributed by atoms with Gasteiger partial charge in [0.25, 0.3) is 5.91 Å². The normalized spacial score (nSPS) is 17.8. The molecular formula is C18H19N5O. The van der Waals surface area contributed by atoms with Crippen LogP contribution in [-0.2, 0) is 0 Å². The van der Waals surface area contributed by atoms with Crippen LogP contribution in [0.3, 0.4) is 0 Å². The fourth-order valence-electron chi connectivity index (χ4n) is 3.19. The molecule has 4 rings (SSSR count). The van der Waals surface area contributed by atoms with Gasteiger partial charge >= 0.3 is 0 Å². The lowest BCUT2D eigenvalue weighted by molar-refractivity contribution is 0.0673. The number of piperidine rings is 1. The van der Waals surface area contributed by atoms with Crippen molar-refractivity contribution in [3.8, 4) is 5.69 Å². The Balaban J connectivity index is 1.50. The number of benzene rings is 1. The number of likely N-dealkylation sites (tertiary alicyclic amines) is 1. The summed E-state index contributed by atoms with van der Waals surface area (Å²) in [7, 11) is 0. The molecule has 0 spiro atoms. The summed E-state index contributed by atoms with van der Waals surface area (Å²) in [5.74, 6) is -0.00510. The highest BCUT2D eigenvalue weighted by atomic mass is 16.2. The second kappa shape index (κ2) is 6.31. The van der Waals surface area contributed by atoms with Gasteiger partial charge in [0.15, 0.2) is 5.69 Å². The molecule has 6 nitrogen and oxygen atoms in total. The van der Waals surface area contributed by atoms with Crippen LogP contribution in [0.2, 0.25) is 0 Å². The van der Waals surface area contributed by atoms with Gasteiger partial charge in [-0.3, -0.25) is 4.79 Å². The molecular weight excluding hydrogens is 302 g/mol. The highest BCUT2D eigenvalue weighted by Gasteiger charge is 2.26. The van der Waals surface area contributed by atoms with E-state index in [1.165, 1.54) is 0 Å². The Bertz CT molecular complexity index is 809. The Morgan fingerprint density at radius 2 is 2.00 bits per heavy atom. The number of carbonyl (C=O) groups excluding carboxylic acids is 1. The minimum absolute atomic E-state index is 0.00510. The summed E-state index contributed by atoms with van der Waals surface area (Å²) in [6, 6.07) is 11.9. The first-order valence-electron chi connectivity index (χ1n) is 8.19. The standard InChI is InChI=1S/C18H19N5O/c24-18(17-8-11-23(20-17)15-5-2-1-3-6-15)21-10-4-7-16(13-21)22-12-9-19-14-22/h1-3,5-6,8-9,11-12,14,16H,4,7,10,13H2. The highest BCUT2D eigenvalue weighted by molar-refractivity contribution is 5.92. The Morgan fingerprint density at radius 1 is 1.12 bits per heavy atom. The van der Waals surface area contributed by atoms with E-state index >= 15 is 0 Å².